The average Bonchev–Trinajstić information content (AvgIpc) is 2.94. The molecule has 0 unspecified atom stereocenters. The first kappa shape index (κ1) is 16.7. The Bertz CT molecular complexity index is 652. The van der Waals surface area contributed by atoms with Gasteiger partial charge in [-0.2, -0.15) is 0 Å². The molecule has 3 fully saturated rings. The Labute approximate surface area is 145 Å². The van der Waals surface area contributed by atoms with Crippen LogP contribution >= 0.6 is 0 Å². The van der Waals surface area contributed by atoms with Gasteiger partial charge in [0, 0.05) is 12.8 Å². The van der Waals surface area contributed by atoms with Gasteiger partial charge in [0.1, 0.15) is 12.2 Å². The highest BCUT2D eigenvalue weighted by Crippen LogP contribution is 2.37. The summed E-state index contributed by atoms with van der Waals surface area (Å²) in [5.74, 6) is -0.661. The molecule has 0 spiro atoms. The van der Waals surface area contributed by atoms with Crippen molar-refractivity contribution in [2.24, 2.45) is 0 Å². The number of likely N-dealkylation sites (tertiary alicyclic amines) is 1. The van der Waals surface area contributed by atoms with Gasteiger partial charge in [-0.15, -0.1) is 0 Å². The quantitative estimate of drug-likeness (QED) is 0.894. The van der Waals surface area contributed by atoms with Gasteiger partial charge in [0.05, 0.1) is 24.6 Å². The maximum atomic E-state index is 13.9. The number of amides is 1. The smallest absolute Gasteiger partial charge is 0.250 e. The van der Waals surface area contributed by atoms with Crippen LogP contribution in [0.4, 0.5) is 4.39 Å². The van der Waals surface area contributed by atoms with E-state index in [1.54, 1.807) is 4.90 Å². The van der Waals surface area contributed by atoms with Gasteiger partial charge in [0.25, 0.3) is 5.88 Å². The van der Waals surface area contributed by atoms with E-state index < -0.39 is 17.5 Å². The van der Waals surface area contributed by atoms with E-state index in [-0.39, 0.29) is 30.4 Å². The number of aromatic nitrogens is 1. The predicted octanol–water partition coefficient (Wildman–Crippen LogP) is 1.66. The molecular weight excluding hydrogens is 327 g/mol. The third-order valence-electron chi connectivity index (χ3n) is 5.55. The molecule has 1 aromatic rings. The molecule has 25 heavy (non-hydrogen) atoms. The molecule has 6 nitrogen and oxygen atoms in total. The van der Waals surface area contributed by atoms with Crippen molar-refractivity contribution in [1.82, 2.24) is 9.88 Å². The minimum atomic E-state index is -0.853. The van der Waals surface area contributed by atoms with Gasteiger partial charge >= 0.3 is 0 Å². The molecule has 3 atom stereocenters. The van der Waals surface area contributed by atoms with Crippen LogP contribution in [0.3, 0.4) is 0 Å². The van der Waals surface area contributed by atoms with Crippen LogP contribution in [-0.2, 0) is 9.53 Å². The number of carbonyl (C=O) groups is 1. The fourth-order valence-corrected chi connectivity index (χ4v) is 4.05. The Morgan fingerprint density at radius 2 is 2.32 bits per heavy atom. The number of nitrogens with zero attached hydrogens (tertiary/aromatic N) is 2. The SMILES string of the molecule is O=C(CC1(O)CCC1)N1C[C@H](Oc2ncccc2F)[C@H]2OCCC[C@H]21. The molecule has 136 valence electrons. The van der Waals surface area contributed by atoms with E-state index in [0.717, 1.165) is 19.3 Å². The van der Waals surface area contributed by atoms with Crippen molar-refractivity contribution in [2.75, 3.05) is 13.2 Å². The van der Waals surface area contributed by atoms with Crippen molar-refractivity contribution in [1.29, 1.82) is 0 Å². The number of hydrogen-bond donors (Lipinski definition) is 1. The number of aliphatic hydroxyl groups is 1. The topological polar surface area (TPSA) is 71.9 Å². The highest BCUT2D eigenvalue weighted by Gasteiger charge is 2.49. The lowest BCUT2D eigenvalue weighted by molar-refractivity contribution is -0.143. The van der Waals surface area contributed by atoms with Gasteiger partial charge in [-0.3, -0.25) is 4.79 Å². The van der Waals surface area contributed by atoms with Crippen LogP contribution in [0.25, 0.3) is 0 Å². The van der Waals surface area contributed by atoms with E-state index in [9.17, 15) is 14.3 Å². The fourth-order valence-electron chi connectivity index (χ4n) is 4.05. The van der Waals surface area contributed by atoms with Gasteiger partial charge < -0.3 is 19.5 Å². The lowest BCUT2D eigenvalue weighted by Gasteiger charge is -2.38. The molecule has 7 heteroatoms. The molecule has 1 aromatic heterocycles. The second kappa shape index (κ2) is 6.53. The Hall–Kier alpha value is -1.73. The molecule has 3 heterocycles. The third kappa shape index (κ3) is 3.22. The van der Waals surface area contributed by atoms with Gasteiger partial charge in [0.2, 0.25) is 5.91 Å². The van der Waals surface area contributed by atoms with E-state index in [2.05, 4.69) is 4.98 Å². The highest BCUT2D eigenvalue weighted by atomic mass is 19.1. The van der Waals surface area contributed by atoms with Crippen LogP contribution in [0.15, 0.2) is 18.3 Å². The van der Waals surface area contributed by atoms with E-state index in [1.165, 1.54) is 18.3 Å². The third-order valence-corrected chi connectivity index (χ3v) is 5.55. The zero-order valence-corrected chi connectivity index (χ0v) is 14.1. The summed E-state index contributed by atoms with van der Waals surface area (Å²) < 4.78 is 25.5. The molecule has 0 bridgehead atoms. The summed E-state index contributed by atoms with van der Waals surface area (Å²) in [6.07, 6.45) is 4.91. The summed E-state index contributed by atoms with van der Waals surface area (Å²) in [6, 6.07) is 2.72. The lowest BCUT2D eigenvalue weighted by Crippen LogP contribution is -2.47. The number of fused-ring (bicyclic) bond motifs is 1. The zero-order valence-electron chi connectivity index (χ0n) is 14.1. The summed E-state index contributed by atoms with van der Waals surface area (Å²) in [7, 11) is 0. The van der Waals surface area contributed by atoms with Crippen LogP contribution in [0, 0.1) is 5.82 Å². The van der Waals surface area contributed by atoms with Crippen LogP contribution in [0.5, 0.6) is 5.88 Å². The van der Waals surface area contributed by atoms with Crippen molar-refractivity contribution in [3.63, 3.8) is 0 Å². The first-order valence-corrected chi connectivity index (χ1v) is 8.96. The number of ether oxygens (including phenoxy) is 2. The highest BCUT2D eigenvalue weighted by molar-refractivity contribution is 5.78. The Kier molecular flexibility index (Phi) is 4.37. The van der Waals surface area contributed by atoms with E-state index in [1.807, 2.05) is 0 Å². The van der Waals surface area contributed by atoms with Gasteiger partial charge in [-0.05, 0) is 44.2 Å². The van der Waals surface area contributed by atoms with Crippen LogP contribution in [0.1, 0.15) is 38.5 Å². The predicted molar refractivity (Wildman–Crippen MR) is 86.5 cm³/mol. The molecule has 1 amide bonds. The Balaban J connectivity index is 1.49. The Morgan fingerprint density at radius 3 is 3.04 bits per heavy atom. The average molecular weight is 350 g/mol. The summed E-state index contributed by atoms with van der Waals surface area (Å²) in [4.78, 5) is 18.4. The molecule has 0 radical (unpaired) electrons. The number of hydrogen-bond acceptors (Lipinski definition) is 5. The van der Waals surface area contributed by atoms with Crippen LogP contribution in [0.2, 0.25) is 0 Å². The molecular formula is C18H23FN2O4. The normalized spacial score (nSPS) is 30.5. The van der Waals surface area contributed by atoms with Crippen LogP contribution < -0.4 is 4.74 Å². The molecule has 0 aromatic carbocycles. The second-order valence-electron chi connectivity index (χ2n) is 7.29. The molecule has 1 saturated carbocycles. The summed E-state index contributed by atoms with van der Waals surface area (Å²) >= 11 is 0. The number of carbonyl (C=O) groups excluding carboxylic acids is 1. The van der Waals surface area contributed by atoms with Gasteiger partial charge in [-0.1, -0.05) is 0 Å². The first-order chi connectivity index (χ1) is 12.1. The Morgan fingerprint density at radius 1 is 1.48 bits per heavy atom. The maximum absolute atomic E-state index is 13.9. The van der Waals surface area contributed by atoms with Gasteiger partial charge in [0.15, 0.2) is 5.82 Å². The van der Waals surface area contributed by atoms with E-state index in [4.69, 9.17) is 9.47 Å². The number of rotatable bonds is 4. The lowest BCUT2D eigenvalue weighted by atomic mass is 9.77. The maximum Gasteiger partial charge on any atom is 0.250 e. The zero-order chi connectivity index (χ0) is 17.4. The van der Waals surface area contributed by atoms with E-state index >= 15 is 0 Å². The molecule has 1 N–H and O–H groups in total. The minimum Gasteiger partial charge on any atom is -0.468 e. The first-order valence-electron chi connectivity index (χ1n) is 8.96. The molecule has 2 aliphatic heterocycles. The summed E-state index contributed by atoms with van der Waals surface area (Å²) in [5.41, 5.74) is -0.853. The van der Waals surface area contributed by atoms with Crippen molar-refractivity contribution in [3.05, 3.63) is 24.1 Å². The van der Waals surface area contributed by atoms with Crippen LogP contribution in [-0.4, -0.2) is 57.9 Å². The standard InChI is InChI=1S/C18H23FN2O4/c19-12-4-1-8-20-17(12)25-14-11-21(13-5-2-9-24-16(13)14)15(22)10-18(23)6-3-7-18/h1,4,8,13-14,16,23H,2-3,5-7,9-11H2/t13-,14+,16+/m1/s1. The number of halogens is 1. The van der Waals surface area contributed by atoms with Crippen molar-refractivity contribution in [2.45, 2.75) is 62.4 Å². The fraction of sp³-hybridized carbons (Fsp3) is 0.667. The molecule has 1 aliphatic carbocycles. The summed E-state index contributed by atoms with van der Waals surface area (Å²) in [6.45, 7) is 0.942. The second-order valence-corrected chi connectivity index (χ2v) is 7.29. The molecule has 3 aliphatic rings. The molecule has 4 rings (SSSR count). The molecule has 2 saturated heterocycles. The monoisotopic (exact) mass is 350 g/mol. The van der Waals surface area contributed by atoms with Crippen molar-refractivity contribution in [3.8, 4) is 5.88 Å². The largest absolute Gasteiger partial charge is 0.468 e. The van der Waals surface area contributed by atoms with Gasteiger partial charge in [-0.25, -0.2) is 9.37 Å². The summed E-state index contributed by atoms with van der Waals surface area (Å²) in [5, 5.41) is 10.3. The van der Waals surface area contributed by atoms with Crippen molar-refractivity contribution < 1.29 is 23.8 Å². The van der Waals surface area contributed by atoms with Crippen molar-refractivity contribution >= 4 is 5.91 Å². The minimum absolute atomic E-state index is 0.0626. The number of pyridine rings is 1. The van der Waals surface area contributed by atoms with E-state index in [0.29, 0.717) is 26.0 Å².